The zero-order valence-electron chi connectivity index (χ0n) is 18.3. The predicted molar refractivity (Wildman–Crippen MR) is 124 cm³/mol. The third-order valence-corrected chi connectivity index (χ3v) is 3.32. The van der Waals surface area contributed by atoms with E-state index in [1.165, 1.54) is 77.0 Å². The van der Waals surface area contributed by atoms with Crippen molar-refractivity contribution in [1.82, 2.24) is 0 Å². The number of unbranched alkanes of at least 4 members (excludes halogenated alkanes) is 9. The molecular weight excluding hydrogens is 300 g/mol. The standard InChI is InChI=1S/C8H16.C7H14.C6H12.C4H8/c1-3-5-7-8-6-4-2;1-3-5-7-6-4-2;1-3-5-6-4-2;1-3-4-2/h3H,1,4-8H2,2H3;3H,1,4-7H2,2H3;3H,1,4-6H2,2H3;3H,1,4H2,2H3. The number of hydrogen-bond acceptors (Lipinski definition) is 0. The van der Waals surface area contributed by atoms with Gasteiger partial charge in [0.2, 0.25) is 0 Å². The first-order chi connectivity index (χ1) is 12.2. The van der Waals surface area contributed by atoms with Crippen molar-refractivity contribution in [3.63, 3.8) is 0 Å². The molecule has 0 bridgehead atoms. The fourth-order valence-electron chi connectivity index (χ4n) is 1.60. The summed E-state index contributed by atoms with van der Waals surface area (Å²) < 4.78 is 0. The molecule has 0 aliphatic rings. The smallest absolute Gasteiger partial charge is 0.0353 e. The second-order valence-electron chi connectivity index (χ2n) is 6.05. The lowest BCUT2D eigenvalue weighted by atomic mass is 10.2. The van der Waals surface area contributed by atoms with Gasteiger partial charge in [0.1, 0.15) is 0 Å². The Kier molecular flexibility index (Phi) is 55.1. The SMILES string of the molecule is C=CCC.C=CCCCC.C=CCCCCC.C=CCCCCCC. The van der Waals surface area contributed by atoms with E-state index >= 15 is 0 Å². The Labute approximate surface area is 162 Å². The fourth-order valence-corrected chi connectivity index (χ4v) is 1.60. The van der Waals surface area contributed by atoms with Gasteiger partial charge < -0.3 is 0 Å². The highest BCUT2D eigenvalue weighted by molar-refractivity contribution is 4.65. The highest BCUT2D eigenvalue weighted by atomic mass is 13.9. The van der Waals surface area contributed by atoms with Gasteiger partial charge in [0.05, 0.1) is 0 Å². The van der Waals surface area contributed by atoms with Crippen molar-refractivity contribution in [3.05, 3.63) is 50.6 Å². The summed E-state index contributed by atoms with van der Waals surface area (Å²) >= 11 is 0. The molecular formula is C25H50. The summed E-state index contributed by atoms with van der Waals surface area (Å²) in [4.78, 5) is 0. The van der Waals surface area contributed by atoms with E-state index in [-0.39, 0.29) is 0 Å². The van der Waals surface area contributed by atoms with Gasteiger partial charge in [-0.25, -0.2) is 0 Å². The van der Waals surface area contributed by atoms with Crippen molar-refractivity contribution in [1.29, 1.82) is 0 Å². The van der Waals surface area contributed by atoms with Gasteiger partial charge in [0, 0.05) is 0 Å². The van der Waals surface area contributed by atoms with E-state index in [1.807, 2.05) is 24.3 Å². The van der Waals surface area contributed by atoms with Gasteiger partial charge >= 0.3 is 0 Å². The van der Waals surface area contributed by atoms with Crippen molar-refractivity contribution in [2.24, 2.45) is 0 Å². The molecule has 0 heterocycles. The van der Waals surface area contributed by atoms with Gasteiger partial charge in [0.15, 0.2) is 0 Å². The Balaban J connectivity index is -0.000000121. The van der Waals surface area contributed by atoms with Crippen LogP contribution in [0.3, 0.4) is 0 Å². The van der Waals surface area contributed by atoms with E-state index in [9.17, 15) is 0 Å². The first kappa shape index (κ1) is 31.7. The third kappa shape index (κ3) is 70.5. The molecule has 0 radical (unpaired) electrons. The van der Waals surface area contributed by atoms with Crippen LogP contribution in [0, 0.1) is 0 Å². The lowest BCUT2D eigenvalue weighted by Crippen LogP contribution is -1.71. The summed E-state index contributed by atoms with van der Waals surface area (Å²) in [5.41, 5.74) is 0. The highest BCUT2D eigenvalue weighted by Crippen LogP contribution is 2.01. The van der Waals surface area contributed by atoms with Gasteiger partial charge in [-0.1, -0.05) is 96.9 Å². The predicted octanol–water partition coefficient (Wildman–Crippen LogP) is 9.84. The molecule has 0 unspecified atom stereocenters. The summed E-state index contributed by atoms with van der Waals surface area (Å²) in [6.45, 7) is 23.1. The maximum atomic E-state index is 3.66. The molecule has 0 atom stereocenters. The molecule has 0 aromatic carbocycles. The van der Waals surface area contributed by atoms with E-state index in [0.29, 0.717) is 0 Å². The van der Waals surface area contributed by atoms with Crippen LogP contribution in [0.4, 0.5) is 0 Å². The number of hydrogen-bond donors (Lipinski definition) is 0. The van der Waals surface area contributed by atoms with Crippen LogP contribution >= 0.6 is 0 Å². The van der Waals surface area contributed by atoms with E-state index in [0.717, 1.165) is 6.42 Å². The molecule has 0 rings (SSSR count). The molecule has 0 nitrogen and oxygen atoms in total. The van der Waals surface area contributed by atoms with Crippen molar-refractivity contribution in [2.45, 2.75) is 111 Å². The van der Waals surface area contributed by atoms with Crippen LogP contribution in [0.25, 0.3) is 0 Å². The van der Waals surface area contributed by atoms with Gasteiger partial charge in [-0.15, -0.1) is 26.3 Å². The zero-order valence-corrected chi connectivity index (χ0v) is 18.3. The maximum Gasteiger partial charge on any atom is -0.0353 e. The fraction of sp³-hybridized carbons (Fsp3) is 0.680. The minimum absolute atomic E-state index is 1.08. The largest absolute Gasteiger partial charge is 0.103 e. The monoisotopic (exact) mass is 350 g/mol. The Morgan fingerprint density at radius 1 is 0.440 bits per heavy atom. The van der Waals surface area contributed by atoms with Crippen LogP contribution in [-0.4, -0.2) is 0 Å². The molecule has 0 saturated carbocycles. The molecule has 0 aromatic heterocycles. The first-order valence-corrected chi connectivity index (χ1v) is 10.6. The van der Waals surface area contributed by atoms with Gasteiger partial charge in [-0.2, -0.15) is 0 Å². The number of allylic oxidation sites excluding steroid dienone is 4. The Morgan fingerprint density at radius 3 is 1.04 bits per heavy atom. The second-order valence-corrected chi connectivity index (χ2v) is 6.05. The molecule has 0 spiro atoms. The molecule has 0 amide bonds. The van der Waals surface area contributed by atoms with Crippen LogP contribution in [0.1, 0.15) is 111 Å². The number of rotatable bonds is 13. The van der Waals surface area contributed by atoms with Crippen molar-refractivity contribution in [3.8, 4) is 0 Å². The van der Waals surface area contributed by atoms with E-state index < -0.39 is 0 Å². The minimum Gasteiger partial charge on any atom is -0.103 e. The summed E-state index contributed by atoms with van der Waals surface area (Å²) in [5.74, 6) is 0. The average molecular weight is 351 g/mol. The Hall–Kier alpha value is -1.04. The van der Waals surface area contributed by atoms with Crippen LogP contribution < -0.4 is 0 Å². The molecule has 0 saturated heterocycles. The lowest BCUT2D eigenvalue weighted by Gasteiger charge is -1.91. The van der Waals surface area contributed by atoms with Crippen molar-refractivity contribution in [2.75, 3.05) is 0 Å². The third-order valence-electron chi connectivity index (χ3n) is 3.32. The quantitative estimate of drug-likeness (QED) is 0.229. The first-order valence-electron chi connectivity index (χ1n) is 10.6. The molecule has 25 heavy (non-hydrogen) atoms. The van der Waals surface area contributed by atoms with Gasteiger partial charge in [-0.3, -0.25) is 0 Å². The van der Waals surface area contributed by atoms with Crippen molar-refractivity contribution >= 4 is 0 Å². The molecule has 0 fully saturated rings. The van der Waals surface area contributed by atoms with Crippen molar-refractivity contribution < 1.29 is 0 Å². The van der Waals surface area contributed by atoms with Crippen LogP contribution in [0.15, 0.2) is 50.6 Å². The zero-order chi connectivity index (χ0) is 20.0. The van der Waals surface area contributed by atoms with Crippen LogP contribution in [-0.2, 0) is 0 Å². The van der Waals surface area contributed by atoms with E-state index in [2.05, 4.69) is 54.0 Å². The van der Waals surface area contributed by atoms with Gasteiger partial charge in [0.25, 0.3) is 0 Å². The molecule has 0 aliphatic carbocycles. The van der Waals surface area contributed by atoms with E-state index in [1.54, 1.807) is 0 Å². The summed E-state index contributed by atoms with van der Waals surface area (Å²) in [7, 11) is 0. The van der Waals surface area contributed by atoms with Crippen LogP contribution in [0.2, 0.25) is 0 Å². The summed E-state index contributed by atoms with van der Waals surface area (Å²) in [6.07, 6.45) is 24.4. The Bertz CT molecular complexity index is 224. The molecule has 150 valence electrons. The molecule has 0 aromatic rings. The molecule has 0 aliphatic heterocycles. The molecule has 0 N–H and O–H groups in total. The topological polar surface area (TPSA) is 0 Å². The minimum atomic E-state index is 1.08. The summed E-state index contributed by atoms with van der Waals surface area (Å²) in [6, 6.07) is 0. The summed E-state index contributed by atoms with van der Waals surface area (Å²) in [5, 5.41) is 0. The average Bonchev–Trinajstić information content (AvgIpc) is 2.65. The second kappa shape index (κ2) is 43.5. The Morgan fingerprint density at radius 2 is 0.760 bits per heavy atom. The lowest BCUT2D eigenvalue weighted by molar-refractivity contribution is 0.675. The normalized spacial score (nSPS) is 8.32. The van der Waals surface area contributed by atoms with E-state index in [4.69, 9.17) is 0 Å². The maximum absolute atomic E-state index is 3.66. The molecule has 0 heteroatoms. The van der Waals surface area contributed by atoms with Crippen LogP contribution in [0.5, 0.6) is 0 Å². The highest BCUT2D eigenvalue weighted by Gasteiger charge is 1.81. The van der Waals surface area contributed by atoms with Gasteiger partial charge in [-0.05, 0) is 38.5 Å².